The summed E-state index contributed by atoms with van der Waals surface area (Å²) in [6.07, 6.45) is 0. The number of nitrogens with one attached hydrogen (secondary N) is 2. The van der Waals surface area contributed by atoms with Crippen LogP contribution in [0.3, 0.4) is 0 Å². The molecular formula is C7H13N5O2. The van der Waals surface area contributed by atoms with Gasteiger partial charge in [-0.1, -0.05) is 0 Å². The van der Waals surface area contributed by atoms with Gasteiger partial charge in [-0.25, -0.2) is 4.79 Å². The number of rotatable bonds is 1. The molecule has 1 unspecified atom stereocenters. The van der Waals surface area contributed by atoms with Crippen LogP contribution in [0.15, 0.2) is 4.99 Å². The van der Waals surface area contributed by atoms with Gasteiger partial charge in [-0.05, 0) is 7.05 Å². The van der Waals surface area contributed by atoms with Gasteiger partial charge >= 0.3 is 6.03 Å². The van der Waals surface area contributed by atoms with E-state index in [4.69, 9.17) is 5.73 Å². The molecule has 4 N–H and O–H groups in total. The highest BCUT2D eigenvalue weighted by Gasteiger charge is 2.27. The molecule has 3 amide bonds. The Labute approximate surface area is 81.3 Å². The number of amides is 3. The van der Waals surface area contributed by atoms with E-state index in [0.29, 0.717) is 6.54 Å². The van der Waals surface area contributed by atoms with Crippen molar-refractivity contribution in [1.82, 2.24) is 15.5 Å². The summed E-state index contributed by atoms with van der Waals surface area (Å²) >= 11 is 0. The number of nitrogens with two attached hydrogens (primary N) is 1. The third kappa shape index (κ3) is 2.19. The molecule has 1 atom stereocenters. The summed E-state index contributed by atoms with van der Waals surface area (Å²) in [7, 11) is 3.40. The molecule has 0 radical (unpaired) electrons. The third-order valence-electron chi connectivity index (χ3n) is 1.93. The molecule has 0 aromatic heterocycles. The van der Waals surface area contributed by atoms with Gasteiger partial charge in [0.25, 0.3) is 0 Å². The summed E-state index contributed by atoms with van der Waals surface area (Å²) in [6.45, 7) is 0.453. The van der Waals surface area contributed by atoms with Gasteiger partial charge in [0.1, 0.15) is 6.04 Å². The first-order valence-corrected chi connectivity index (χ1v) is 4.12. The van der Waals surface area contributed by atoms with Crippen molar-refractivity contribution in [2.24, 2.45) is 10.7 Å². The third-order valence-corrected chi connectivity index (χ3v) is 1.93. The number of hydrogen-bond acceptors (Lipinski definition) is 3. The molecule has 1 rings (SSSR count). The van der Waals surface area contributed by atoms with Gasteiger partial charge in [-0.15, -0.1) is 0 Å². The maximum Gasteiger partial charge on any atom is 0.341 e. The van der Waals surface area contributed by atoms with Crippen molar-refractivity contribution in [1.29, 1.82) is 0 Å². The Kier molecular flexibility index (Phi) is 3.03. The Morgan fingerprint density at radius 1 is 1.79 bits per heavy atom. The quantitative estimate of drug-likeness (QED) is 0.458. The summed E-state index contributed by atoms with van der Waals surface area (Å²) in [4.78, 5) is 26.9. The van der Waals surface area contributed by atoms with Crippen molar-refractivity contribution < 1.29 is 9.59 Å². The number of carbonyl (C=O) groups is 2. The van der Waals surface area contributed by atoms with E-state index in [2.05, 4.69) is 15.6 Å². The molecule has 0 bridgehead atoms. The fraction of sp³-hybridized carbons (Fsp3) is 0.571. The van der Waals surface area contributed by atoms with Gasteiger partial charge in [0.2, 0.25) is 11.9 Å². The second kappa shape index (κ2) is 4.05. The van der Waals surface area contributed by atoms with Crippen LogP contribution in [-0.2, 0) is 4.79 Å². The molecule has 1 saturated heterocycles. The van der Waals surface area contributed by atoms with E-state index >= 15 is 0 Å². The lowest BCUT2D eigenvalue weighted by Gasteiger charge is -2.31. The van der Waals surface area contributed by atoms with Crippen molar-refractivity contribution in [3.8, 4) is 0 Å². The average Bonchev–Trinajstić information content (AvgIpc) is 2.10. The van der Waals surface area contributed by atoms with E-state index in [-0.39, 0.29) is 17.9 Å². The number of likely N-dealkylation sites (N-methyl/N-ethyl adjacent to an activating group) is 2. The monoisotopic (exact) mass is 199 g/mol. The predicted octanol–water partition coefficient (Wildman–Crippen LogP) is -1.93. The Morgan fingerprint density at radius 3 is 2.93 bits per heavy atom. The van der Waals surface area contributed by atoms with Crippen molar-refractivity contribution in [2.45, 2.75) is 6.04 Å². The molecule has 14 heavy (non-hydrogen) atoms. The lowest BCUT2D eigenvalue weighted by molar-refractivity contribution is -0.122. The average molecular weight is 199 g/mol. The fourth-order valence-electron chi connectivity index (χ4n) is 1.18. The SMILES string of the molecule is CNC1CN(C)/C(=N/C(N)=O)NC1=O. The first-order chi connectivity index (χ1) is 6.54. The minimum atomic E-state index is -0.824. The van der Waals surface area contributed by atoms with Crippen molar-refractivity contribution in [2.75, 3.05) is 20.6 Å². The topological polar surface area (TPSA) is 99.8 Å². The van der Waals surface area contributed by atoms with Crippen LogP contribution >= 0.6 is 0 Å². The van der Waals surface area contributed by atoms with Crippen LogP contribution in [-0.4, -0.2) is 49.5 Å². The van der Waals surface area contributed by atoms with Crippen LogP contribution in [0.2, 0.25) is 0 Å². The lowest BCUT2D eigenvalue weighted by atomic mass is 10.2. The summed E-state index contributed by atoms with van der Waals surface area (Å²) in [5, 5.41) is 5.31. The number of guanidine groups is 1. The molecule has 1 aliphatic heterocycles. The molecule has 0 aliphatic carbocycles. The summed E-state index contributed by atoms with van der Waals surface area (Å²) in [5.74, 6) is -0.0281. The minimum Gasteiger partial charge on any atom is -0.350 e. The van der Waals surface area contributed by atoms with Crippen LogP contribution in [0.1, 0.15) is 0 Å². The van der Waals surface area contributed by atoms with Crippen LogP contribution < -0.4 is 16.4 Å². The zero-order valence-corrected chi connectivity index (χ0v) is 8.07. The van der Waals surface area contributed by atoms with Gasteiger partial charge in [0.05, 0.1) is 0 Å². The number of nitrogens with zero attached hydrogens (tertiary/aromatic N) is 2. The van der Waals surface area contributed by atoms with E-state index in [0.717, 1.165) is 0 Å². The van der Waals surface area contributed by atoms with Gasteiger partial charge in [-0.2, -0.15) is 4.99 Å². The molecule has 7 heteroatoms. The van der Waals surface area contributed by atoms with Gasteiger partial charge in [0, 0.05) is 13.6 Å². The maximum absolute atomic E-state index is 11.3. The summed E-state index contributed by atoms with van der Waals surface area (Å²) < 4.78 is 0. The van der Waals surface area contributed by atoms with Crippen LogP contribution in [0.25, 0.3) is 0 Å². The van der Waals surface area contributed by atoms with Gasteiger partial charge < -0.3 is 16.0 Å². The Hall–Kier alpha value is -1.63. The Morgan fingerprint density at radius 2 is 2.43 bits per heavy atom. The smallest absolute Gasteiger partial charge is 0.341 e. The van der Waals surface area contributed by atoms with E-state index in [9.17, 15) is 9.59 Å². The lowest BCUT2D eigenvalue weighted by Crippen LogP contribution is -2.60. The van der Waals surface area contributed by atoms with Gasteiger partial charge in [-0.3, -0.25) is 10.1 Å². The molecular weight excluding hydrogens is 186 g/mol. The normalized spacial score (nSPS) is 25.0. The number of carbonyl (C=O) groups excluding carboxylic acids is 2. The number of hydrogen-bond donors (Lipinski definition) is 3. The first kappa shape index (κ1) is 10.5. The highest BCUT2D eigenvalue weighted by atomic mass is 16.2. The number of aliphatic imine (C=N–C) groups is 1. The molecule has 0 saturated carbocycles. The molecule has 0 aromatic carbocycles. The zero-order valence-electron chi connectivity index (χ0n) is 8.07. The molecule has 1 fully saturated rings. The highest BCUT2D eigenvalue weighted by Crippen LogP contribution is 1.98. The fourth-order valence-corrected chi connectivity index (χ4v) is 1.18. The van der Waals surface area contributed by atoms with Gasteiger partial charge in [0.15, 0.2) is 0 Å². The molecule has 0 spiro atoms. The number of primary amides is 1. The second-order valence-electron chi connectivity index (χ2n) is 2.98. The van der Waals surface area contributed by atoms with E-state index in [1.165, 1.54) is 0 Å². The largest absolute Gasteiger partial charge is 0.350 e. The molecule has 78 valence electrons. The first-order valence-electron chi connectivity index (χ1n) is 4.12. The minimum absolute atomic E-state index is 0.189. The standard InChI is InChI=1S/C7H13N5O2/c1-9-4-3-12(2)7(10-5(4)13)11-6(8)14/h4,9H,3H2,1-2H3,(H3,8,10,11,13,14). The zero-order chi connectivity index (χ0) is 10.7. The molecule has 1 heterocycles. The predicted molar refractivity (Wildman–Crippen MR) is 50.6 cm³/mol. The Balaban J connectivity index is 2.76. The van der Waals surface area contributed by atoms with Crippen molar-refractivity contribution in [3.05, 3.63) is 0 Å². The van der Waals surface area contributed by atoms with Crippen LogP contribution in [0.5, 0.6) is 0 Å². The highest BCUT2D eigenvalue weighted by molar-refractivity contribution is 6.05. The maximum atomic E-state index is 11.3. The van der Waals surface area contributed by atoms with E-state index in [1.807, 2.05) is 0 Å². The van der Waals surface area contributed by atoms with E-state index in [1.54, 1.807) is 19.0 Å². The Bertz CT molecular complexity index is 288. The molecule has 7 nitrogen and oxygen atoms in total. The van der Waals surface area contributed by atoms with Crippen LogP contribution in [0, 0.1) is 0 Å². The summed E-state index contributed by atoms with van der Waals surface area (Å²) in [5.41, 5.74) is 4.88. The van der Waals surface area contributed by atoms with Crippen molar-refractivity contribution >= 4 is 17.9 Å². The van der Waals surface area contributed by atoms with E-state index < -0.39 is 6.03 Å². The second-order valence-corrected chi connectivity index (χ2v) is 2.98. The van der Waals surface area contributed by atoms with Crippen molar-refractivity contribution in [3.63, 3.8) is 0 Å². The molecule has 0 aromatic rings. The van der Waals surface area contributed by atoms with Crippen LogP contribution in [0.4, 0.5) is 4.79 Å². The summed E-state index contributed by atoms with van der Waals surface area (Å²) in [6, 6.07) is -1.12. The number of urea groups is 1. The molecule has 1 aliphatic rings.